The van der Waals surface area contributed by atoms with Crippen LogP contribution in [0.5, 0.6) is 5.75 Å². The first-order valence-corrected chi connectivity index (χ1v) is 33.7. The van der Waals surface area contributed by atoms with Crippen LogP contribution in [0.15, 0.2) is 99.0 Å². The Morgan fingerprint density at radius 3 is 2.55 bits per heavy atom. The lowest BCUT2D eigenvalue weighted by Gasteiger charge is -2.30. The third-order valence-electron chi connectivity index (χ3n) is 14.4. The number of aryl methyl sites for hydroxylation is 2. The van der Waals surface area contributed by atoms with Gasteiger partial charge in [0, 0.05) is 102 Å². The molecule has 0 saturated carbocycles. The van der Waals surface area contributed by atoms with Gasteiger partial charge in [-0.05, 0) is 86.0 Å². The smallest absolute Gasteiger partial charge is 0.490 e. The molecule has 2 aliphatic heterocycles. The molecule has 2 amide bonds. The molecule has 496 valence electrons. The Kier molecular flexibility index (Phi) is 25.6. The van der Waals surface area contributed by atoms with E-state index in [4.69, 9.17) is 59.2 Å². The van der Waals surface area contributed by atoms with Gasteiger partial charge in [0.05, 0.1) is 49.0 Å². The van der Waals surface area contributed by atoms with E-state index in [1.54, 1.807) is 18.2 Å². The predicted molar refractivity (Wildman–Crippen MR) is 330 cm³/mol. The Morgan fingerprint density at radius 1 is 0.968 bits per heavy atom. The first kappa shape index (κ1) is 70.7. The second kappa shape index (κ2) is 33.6. The highest BCUT2D eigenvalue weighted by Gasteiger charge is 2.44. The second-order valence-electron chi connectivity index (χ2n) is 20.9. The number of amides is 2. The van der Waals surface area contributed by atoms with Crippen molar-refractivity contribution in [3.8, 4) is 28.7 Å². The largest absolute Gasteiger partial charge is 0.491 e. The van der Waals surface area contributed by atoms with Crippen LogP contribution in [0.3, 0.4) is 0 Å². The van der Waals surface area contributed by atoms with Gasteiger partial charge in [0.25, 0.3) is 5.91 Å². The number of hydrogen-bond acceptors (Lipinski definition) is 22. The Labute approximate surface area is 530 Å². The zero-order valence-corrected chi connectivity index (χ0v) is 52.8. The fourth-order valence-electron chi connectivity index (χ4n) is 10.2. The van der Waals surface area contributed by atoms with Crippen LogP contribution in [0.2, 0.25) is 0 Å². The van der Waals surface area contributed by atoms with Crippen LogP contribution in [-0.4, -0.2) is 136 Å². The summed E-state index contributed by atoms with van der Waals surface area (Å²) in [5.41, 5.74) is 28.8. The molecule has 4 aromatic heterocycles. The van der Waals surface area contributed by atoms with Crippen LogP contribution >= 0.6 is 23.5 Å². The highest BCUT2D eigenvalue weighted by molar-refractivity contribution is 7.66. The summed E-state index contributed by atoms with van der Waals surface area (Å²) < 4.78 is 85.2. The SMILES string of the molecule is CCN1CCCc2cc3cc(-c4cc[n+](CCCCCC(=O)CCCNC(=O)c5cccc(OCC(N=[N+]=[N-])OCCOCC(=O)NCC#Cc6cn([C@H]7C[C@@H](OCN=[N+]=[N-])[C@@H](COP(=O)(O)OP(=O)(O)OP(=O)(O)O)O7)c7ncnc(N)c67)c5)cc4)c(=O)oc3cc21. The van der Waals surface area contributed by atoms with Gasteiger partial charge in [-0.15, -0.1) is 0 Å². The minimum Gasteiger partial charge on any atom is -0.491 e. The molecule has 3 unspecified atom stereocenters. The zero-order chi connectivity index (χ0) is 66.5. The normalized spacial score (nSPS) is 17.0. The molecule has 0 bridgehead atoms. The molecule has 2 aliphatic rings. The van der Waals surface area contributed by atoms with E-state index in [0.29, 0.717) is 41.7 Å². The lowest BCUT2D eigenvalue weighted by molar-refractivity contribution is -0.697. The standard InChI is InChI=1S/C56H67N14O20P3/c1-2-69-21-9-12-38-26-41-28-44(56(74)88-46(41)29-45(38)69)37-16-22-68(23-17-37)20-5-3-4-13-42(71)14-8-19-61-55(73)39-10-6-15-43(27-39)84-34-50(65-67-59)83-25-24-82-33-49(72)60-18-7-11-40-31-70(54-52(40)53(57)62-35-63-54)51-30-47(85-36-64-66-58)48(87-51)32-86-92(78,79)90-93(80,81)89-91(75,76)77/h6,10,15-17,22-23,26-29,31,35,47-48,50-51H,2-5,8-9,12-14,18-21,24-25,30,32-34,36H2,1H3,(H7-,57,60,61,62,63,72,73,75,76,77,78,79,80,81)/p+1/t47-,48-,50?,51-/m1/s1. The highest BCUT2D eigenvalue weighted by Crippen LogP contribution is 2.66. The summed E-state index contributed by atoms with van der Waals surface area (Å²) in [5, 5.41) is 13.5. The number of phosphoric ester groups is 1. The third kappa shape index (κ3) is 21.2. The monoisotopic (exact) mass is 1350 g/mol. The molecule has 8 N–H and O–H groups in total. The molecule has 0 aliphatic carbocycles. The molecular formula is C56H68N14O20P3+. The van der Waals surface area contributed by atoms with Crippen molar-refractivity contribution in [1.82, 2.24) is 25.2 Å². The van der Waals surface area contributed by atoms with Gasteiger partial charge in [-0.3, -0.25) is 18.9 Å². The van der Waals surface area contributed by atoms with Crippen molar-refractivity contribution in [1.29, 1.82) is 0 Å². The highest BCUT2D eigenvalue weighted by atomic mass is 31.3. The fraction of sp³-hybridized carbons (Fsp3) is 0.446. The van der Waals surface area contributed by atoms with Crippen LogP contribution in [0.25, 0.3) is 54.0 Å². The zero-order valence-electron chi connectivity index (χ0n) is 50.1. The first-order chi connectivity index (χ1) is 44.6. The maximum Gasteiger partial charge on any atom is 0.490 e. The van der Waals surface area contributed by atoms with Gasteiger partial charge in [0.15, 0.2) is 18.6 Å². The number of fused-ring (bicyclic) bond motifs is 3. The molecule has 6 atom stereocenters. The van der Waals surface area contributed by atoms with Gasteiger partial charge in [-0.25, -0.2) is 33.0 Å². The Morgan fingerprint density at radius 2 is 1.77 bits per heavy atom. The number of ketones is 1. The summed E-state index contributed by atoms with van der Waals surface area (Å²) in [6.07, 6.45) is 7.86. The van der Waals surface area contributed by atoms with Crippen LogP contribution in [-0.2, 0) is 68.3 Å². The van der Waals surface area contributed by atoms with Crippen molar-refractivity contribution >= 4 is 74.6 Å². The number of unbranched alkanes of at least 4 members (excludes halogenated alkanes) is 2. The van der Waals surface area contributed by atoms with E-state index in [-0.39, 0.29) is 79.1 Å². The van der Waals surface area contributed by atoms with E-state index in [9.17, 15) is 42.7 Å². The fourth-order valence-corrected chi connectivity index (χ4v) is 13.2. The maximum atomic E-state index is 13.1. The molecule has 6 heterocycles. The number of ether oxygens (including phenoxy) is 5. The number of anilines is 2. The third-order valence-corrected chi connectivity index (χ3v) is 18.2. The Balaban J connectivity index is 0.696. The Bertz CT molecular complexity index is 4020. The van der Waals surface area contributed by atoms with Crippen LogP contribution in [0.4, 0.5) is 11.5 Å². The van der Waals surface area contributed by atoms with Gasteiger partial charge in [0.2, 0.25) is 5.91 Å². The van der Waals surface area contributed by atoms with Crippen molar-refractivity contribution in [3.05, 3.63) is 128 Å². The molecular weight excluding hydrogens is 1280 g/mol. The number of hydrogen-bond donors (Lipinski definition) is 7. The lowest BCUT2D eigenvalue weighted by Crippen LogP contribution is -2.32. The first-order valence-electron chi connectivity index (χ1n) is 29.2. The number of carbonyl (C=O) groups is 3. The van der Waals surface area contributed by atoms with Crippen molar-refractivity contribution < 1.29 is 93.5 Å². The molecule has 8 rings (SSSR count). The van der Waals surface area contributed by atoms with E-state index in [1.165, 1.54) is 22.4 Å². The van der Waals surface area contributed by atoms with E-state index >= 15 is 0 Å². The summed E-state index contributed by atoms with van der Waals surface area (Å²) in [6, 6.07) is 16.2. The number of nitrogens with zero attached hydrogens (tertiary/aromatic N) is 11. The van der Waals surface area contributed by atoms with E-state index < -0.39 is 74.0 Å². The minimum atomic E-state index is -5.82. The van der Waals surface area contributed by atoms with Crippen LogP contribution in [0, 0.1) is 11.8 Å². The topological polar surface area (TPSA) is 473 Å². The lowest BCUT2D eigenvalue weighted by atomic mass is 9.98. The van der Waals surface area contributed by atoms with Gasteiger partial charge in [0.1, 0.15) is 73.7 Å². The Hall–Kier alpha value is -8.14. The van der Waals surface area contributed by atoms with Crippen molar-refractivity contribution in [2.75, 3.05) is 76.6 Å². The van der Waals surface area contributed by atoms with Gasteiger partial charge < -0.3 is 73.5 Å². The number of phosphoric acid groups is 3. The number of pyridine rings is 1. The van der Waals surface area contributed by atoms with E-state index in [0.717, 1.165) is 74.7 Å². The molecule has 0 radical (unpaired) electrons. The predicted octanol–water partition coefficient (Wildman–Crippen LogP) is 6.69. The molecule has 6 aromatic rings. The number of carbonyl (C=O) groups excluding carboxylic acids is 3. The number of azide groups is 2. The summed E-state index contributed by atoms with van der Waals surface area (Å²) in [6.45, 7) is 2.66. The van der Waals surface area contributed by atoms with E-state index in [1.807, 2.05) is 36.7 Å². The summed E-state index contributed by atoms with van der Waals surface area (Å²) >= 11 is 0. The maximum absolute atomic E-state index is 13.1. The number of nitrogens with two attached hydrogens (primary N) is 1. The quantitative estimate of drug-likeness (QED) is 0.00318. The number of nitrogens with one attached hydrogen (secondary N) is 2. The summed E-state index contributed by atoms with van der Waals surface area (Å²) in [5.74, 6) is 5.17. The molecule has 37 heteroatoms. The number of aromatic nitrogens is 4. The number of Topliss-reactive ketones (excluding diaryl/α,β-unsaturated/α-hetero) is 1. The molecule has 1 saturated heterocycles. The van der Waals surface area contributed by atoms with Crippen molar-refractivity contribution in [2.45, 2.75) is 95.9 Å². The number of rotatable bonds is 35. The minimum absolute atomic E-state index is 0.0109. The van der Waals surface area contributed by atoms with Gasteiger partial charge in [-0.1, -0.05) is 28.1 Å². The number of benzene rings is 2. The van der Waals surface area contributed by atoms with Crippen molar-refractivity contribution in [2.24, 2.45) is 10.2 Å². The molecule has 34 nitrogen and oxygen atoms in total. The van der Waals surface area contributed by atoms with Crippen LogP contribution < -0.4 is 36.2 Å². The average molecular weight is 1350 g/mol. The van der Waals surface area contributed by atoms with E-state index in [2.05, 4.69) is 83.6 Å². The molecule has 93 heavy (non-hydrogen) atoms. The second-order valence-corrected chi connectivity index (χ2v) is 25.3. The van der Waals surface area contributed by atoms with Gasteiger partial charge >= 0.3 is 29.1 Å². The van der Waals surface area contributed by atoms with Gasteiger partial charge in [-0.2, -0.15) is 8.62 Å². The average Bonchev–Trinajstić information content (AvgIpc) is 1.70. The summed E-state index contributed by atoms with van der Waals surface area (Å²) in [7, 11) is -17.0. The van der Waals surface area contributed by atoms with Crippen LogP contribution in [0.1, 0.15) is 86.0 Å². The van der Waals surface area contributed by atoms with Crippen molar-refractivity contribution in [3.63, 3.8) is 0 Å². The molecule has 0 spiro atoms. The molecule has 2 aromatic carbocycles. The number of nitrogen functional groups attached to an aromatic ring is 1. The molecule has 1 fully saturated rings. The summed E-state index contributed by atoms with van der Waals surface area (Å²) in [4.78, 5) is 104.